The summed E-state index contributed by atoms with van der Waals surface area (Å²) in [5.41, 5.74) is 4.06. The number of amides is 1. The van der Waals surface area contributed by atoms with Crippen molar-refractivity contribution in [1.29, 1.82) is 0 Å². The molecule has 1 atom stereocenters. The van der Waals surface area contributed by atoms with Gasteiger partial charge in [-0.3, -0.25) is 4.79 Å². The highest BCUT2D eigenvalue weighted by molar-refractivity contribution is 5.79. The summed E-state index contributed by atoms with van der Waals surface area (Å²) in [6, 6.07) is 16.9. The summed E-state index contributed by atoms with van der Waals surface area (Å²) in [5.74, 6) is 0.716. The maximum atomic E-state index is 13.6. The highest BCUT2D eigenvalue weighted by Crippen LogP contribution is 2.31. The Hall–Kier alpha value is -3.28. The van der Waals surface area contributed by atoms with Crippen molar-refractivity contribution in [1.82, 2.24) is 15.3 Å². The van der Waals surface area contributed by atoms with Gasteiger partial charge in [-0.1, -0.05) is 36.4 Å². The van der Waals surface area contributed by atoms with Crippen LogP contribution in [0.1, 0.15) is 42.9 Å². The monoisotopic (exact) mass is 430 g/mol. The number of fused-ring (bicyclic) bond motifs is 1. The first-order valence-electron chi connectivity index (χ1n) is 11.4. The summed E-state index contributed by atoms with van der Waals surface area (Å²) in [7, 11) is 0. The van der Waals surface area contributed by atoms with E-state index in [1.165, 1.54) is 29.6 Å². The number of aryl methyl sites for hydroxylation is 1. The Balaban J connectivity index is 1.21. The number of halogens is 1. The number of nitrogens with one attached hydrogen (secondary N) is 1. The van der Waals surface area contributed by atoms with Gasteiger partial charge in [0.1, 0.15) is 18.0 Å². The van der Waals surface area contributed by atoms with E-state index in [0.717, 1.165) is 56.6 Å². The van der Waals surface area contributed by atoms with Gasteiger partial charge < -0.3 is 10.2 Å². The molecule has 1 saturated heterocycles. The van der Waals surface area contributed by atoms with Gasteiger partial charge >= 0.3 is 0 Å². The van der Waals surface area contributed by atoms with Crippen molar-refractivity contribution in [2.75, 3.05) is 18.0 Å². The highest BCUT2D eigenvalue weighted by atomic mass is 19.1. The van der Waals surface area contributed by atoms with Crippen LogP contribution in [0.3, 0.4) is 0 Å². The van der Waals surface area contributed by atoms with Crippen molar-refractivity contribution in [2.45, 2.75) is 38.1 Å². The van der Waals surface area contributed by atoms with E-state index in [1.54, 1.807) is 6.07 Å². The largest absolute Gasteiger partial charge is 0.356 e. The van der Waals surface area contributed by atoms with Gasteiger partial charge in [0, 0.05) is 30.6 Å². The minimum atomic E-state index is -0.282. The second kappa shape index (κ2) is 9.07. The zero-order valence-corrected chi connectivity index (χ0v) is 18.0. The third kappa shape index (κ3) is 4.35. The molecule has 5 nitrogen and oxygen atoms in total. The van der Waals surface area contributed by atoms with Crippen molar-refractivity contribution in [3.63, 3.8) is 0 Å². The molecule has 3 aromatic rings. The fourth-order valence-electron chi connectivity index (χ4n) is 4.89. The fourth-order valence-corrected chi connectivity index (χ4v) is 4.89. The van der Waals surface area contributed by atoms with Crippen LogP contribution in [0, 0.1) is 11.7 Å². The van der Waals surface area contributed by atoms with Crippen LogP contribution in [0.15, 0.2) is 60.9 Å². The molecule has 1 aliphatic carbocycles. The van der Waals surface area contributed by atoms with Crippen molar-refractivity contribution in [2.24, 2.45) is 5.92 Å². The highest BCUT2D eigenvalue weighted by Gasteiger charge is 2.29. The average Bonchev–Trinajstić information content (AvgIpc) is 2.84. The molecule has 0 saturated carbocycles. The molecule has 1 fully saturated rings. The van der Waals surface area contributed by atoms with Crippen LogP contribution in [0.25, 0.3) is 11.3 Å². The molecule has 1 N–H and O–H groups in total. The Morgan fingerprint density at radius 3 is 2.69 bits per heavy atom. The number of hydrogen-bond acceptors (Lipinski definition) is 4. The Kier molecular flexibility index (Phi) is 5.84. The van der Waals surface area contributed by atoms with Gasteiger partial charge in [0.15, 0.2) is 0 Å². The SMILES string of the molecule is O=C(NC1CCCc2ccccc21)C1CCN(c2cc(-c3cccc(F)c3)ncn2)CC1. The van der Waals surface area contributed by atoms with Crippen LogP contribution < -0.4 is 10.2 Å². The number of benzene rings is 2. The second-order valence-electron chi connectivity index (χ2n) is 8.69. The van der Waals surface area contributed by atoms with E-state index in [2.05, 4.69) is 44.5 Å². The van der Waals surface area contributed by atoms with Crippen molar-refractivity contribution < 1.29 is 9.18 Å². The molecule has 2 heterocycles. The Morgan fingerprint density at radius 1 is 1.00 bits per heavy atom. The molecular weight excluding hydrogens is 403 g/mol. The molecule has 1 amide bonds. The summed E-state index contributed by atoms with van der Waals surface area (Å²) in [6.07, 6.45) is 6.32. The van der Waals surface area contributed by atoms with Crippen LogP contribution in [0.4, 0.5) is 10.2 Å². The second-order valence-corrected chi connectivity index (χ2v) is 8.69. The summed E-state index contributed by atoms with van der Waals surface area (Å²) < 4.78 is 13.6. The van der Waals surface area contributed by atoms with Crippen LogP contribution in [-0.4, -0.2) is 29.0 Å². The lowest BCUT2D eigenvalue weighted by Gasteiger charge is -2.34. The van der Waals surface area contributed by atoms with E-state index in [-0.39, 0.29) is 23.7 Å². The van der Waals surface area contributed by atoms with E-state index in [0.29, 0.717) is 5.69 Å². The maximum absolute atomic E-state index is 13.6. The molecule has 32 heavy (non-hydrogen) atoms. The van der Waals surface area contributed by atoms with Crippen molar-refractivity contribution >= 4 is 11.7 Å². The van der Waals surface area contributed by atoms with Crippen LogP contribution in [0.5, 0.6) is 0 Å². The first-order chi connectivity index (χ1) is 15.7. The normalized spacial score (nSPS) is 18.8. The van der Waals surface area contributed by atoms with E-state index in [9.17, 15) is 9.18 Å². The first kappa shape index (κ1) is 20.6. The minimum absolute atomic E-state index is 0.0184. The molecule has 1 unspecified atom stereocenters. The van der Waals surface area contributed by atoms with Crippen LogP contribution in [-0.2, 0) is 11.2 Å². The molecule has 0 spiro atoms. The van der Waals surface area contributed by atoms with Gasteiger partial charge in [0.25, 0.3) is 0 Å². The smallest absolute Gasteiger partial charge is 0.223 e. The summed E-state index contributed by atoms with van der Waals surface area (Å²) in [6.45, 7) is 1.53. The van der Waals surface area contributed by atoms with Gasteiger partial charge in [-0.25, -0.2) is 14.4 Å². The lowest BCUT2D eigenvalue weighted by molar-refractivity contribution is -0.126. The number of piperidine rings is 1. The molecule has 0 radical (unpaired) electrons. The molecule has 2 aliphatic rings. The number of carbonyl (C=O) groups excluding carboxylic acids is 1. The number of carbonyl (C=O) groups is 1. The molecular formula is C26H27FN4O. The van der Waals surface area contributed by atoms with Gasteiger partial charge in [-0.05, 0) is 55.4 Å². The summed E-state index contributed by atoms with van der Waals surface area (Å²) in [4.78, 5) is 23.9. The molecule has 2 aromatic carbocycles. The van der Waals surface area contributed by atoms with E-state index in [4.69, 9.17) is 0 Å². The number of rotatable bonds is 4. The zero-order chi connectivity index (χ0) is 21.9. The molecule has 5 rings (SSSR count). The van der Waals surface area contributed by atoms with E-state index in [1.807, 2.05) is 12.1 Å². The van der Waals surface area contributed by atoms with Crippen molar-refractivity contribution in [3.8, 4) is 11.3 Å². The van der Waals surface area contributed by atoms with Gasteiger partial charge in [-0.2, -0.15) is 0 Å². The zero-order valence-electron chi connectivity index (χ0n) is 18.0. The molecule has 164 valence electrons. The lowest BCUT2D eigenvalue weighted by Crippen LogP contribution is -2.42. The standard InChI is InChI=1S/C26H27FN4O/c27-21-8-3-7-20(15-21)24-16-25(29-17-28-24)31-13-11-19(12-14-31)26(32)30-23-10-4-6-18-5-1-2-9-22(18)23/h1-3,5,7-9,15-17,19,23H,4,6,10-14H2,(H,30,32). The quantitative estimate of drug-likeness (QED) is 0.652. The van der Waals surface area contributed by atoms with Gasteiger partial charge in [0.05, 0.1) is 11.7 Å². The number of hydrogen-bond donors (Lipinski definition) is 1. The van der Waals surface area contributed by atoms with E-state index >= 15 is 0 Å². The summed E-state index contributed by atoms with van der Waals surface area (Å²) >= 11 is 0. The average molecular weight is 431 g/mol. The van der Waals surface area contributed by atoms with E-state index < -0.39 is 0 Å². The third-order valence-corrected chi connectivity index (χ3v) is 6.65. The number of nitrogens with zero attached hydrogens (tertiary/aromatic N) is 3. The summed E-state index contributed by atoms with van der Waals surface area (Å²) in [5, 5.41) is 3.32. The molecule has 1 aromatic heterocycles. The predicted octanol–water partition coefficient (Wildman–Crippen LogP) is 4.69. The third-order valence-electron chi connectivity index (χ3n) is 6.65. The first-order valence-corrected chi connectivity index (χ1v) is 11.4. The van der Waals surface area contributed by atoms with Gasteiger partial charge in [0.2, 0.25) is 5.91 Å². The fraction of sp³-hybridized carbons (Fsp3) is 0.346. The Bertz CT molecular complexity index is 1110. The molecule has 6 heteroatoms. The van der Waals surface area contributed by atoms with Crippen molar-refractivity contribution in [3.05, 3.63) is 77.9 Å². The predicted molar refractivity (Wildman–Crippen MR) is 123 cm³/mol. The minimum Gasteiger partial charge on any atom is -0.356 e. The number of anilines is 1. The Labute approximate surface area is 187 Å². The van der Waals surface area contributed by atoms with Crippen LogP contribution >= 0.6 is 0 Å². The Morgan fingerprint density at radius 2 is 1.84 bits per heavy atom. The molecule has 1 aliphatic heterocycles. The number of aromatic nitrogens is 2. The molecule has 0 bridgehead atoms. The van der Waals surface area contributed by atoms with Gasteiger partial charge in [-0.15, -0.1) is 0 Å². The topological polar surface area (TPSA) is 58.1 Å². The maximum Gasteiger partial charge on any atom is 0.223 e. The lowest BCUT2D eigenvalue weighted by atomic mass is 9.87. The van der Waals surface area contributed by atoms with Crippen LogP contribution in [0.2, 0.25) is 0 Å².